The van der Waals surface area contributed by atoms with Crippen molar-refractivity contribution in [3.63, 3.8) is 0 Å². The first kappa shape index (κ1) is 10.2. The molecule has 1 aromatic heterocycles. The summed E-state index contributed by atoms with van der Waals surface area (Å²) in [5.41, 5.74) is 0.582. The Morgan fingerprint density at radius 2 is 2.13 bits per heavy atom. The molecule has 5 heteroatoms. The first-order valence-electron chi connectivity index (χ1n) is 4.21. The van der Waals surface area contributed by atoms with Crippen LogP contribution < -0.4 is 0 Å². The fraction of sp³-hybridized carbons (Fsp3) is 0.100. The molecule has 15 heavy (non-hydrogen) atoms. The first-order valence-corrected chi connectivity index (χ1v) is 5.09. The second-order valence-corrected chi connectivity index (χ2v) is 3.78. The first-order chi connectivity index (χ1) is 7.20. The molecule has 0 aliphatic carbocycles. The third-order valence-corrected chi connectivity index (χ3v) is 2.80. The molecule has 0 spiro atoms. The fourth-order valence-electron chi connectivity index (χ4n) is 1.16. The van der Waals surface area contributed by atoms with E-state index in [4.69, 9.17) is 5.11 Å². The molecule has 0 aliphatic heterocycles. The summed E-state index contributed by atoms with van der Waals surface area (Å²) in [5, 5.41) is 10.8. The summed E-state index contributed by atoms with van der Waals surface area (Å²) >= 11 is 1.17. The molecule has 1 aromatic carbocycles. The van der Waals surface area contributed by atoms with Crippen molar-refractivity contribution in [3.8, 4) is 10.6 Å². The molecule has 0 saturated heterocycles. The predicted octanol–water partition coefficient (Wildman–Crippen LogP) is 2.58. The van der Waals surface area contributed by atoms with Crippen molar-refractivity contribution in [1.82, 2.24) is 4.98 Å². The average Bonchev–Trinajstić information content (AvgIpc) is 2.70. The fourth-order valence-corrected chi connectivity index (χ4v) is 1.99. The highest BCUT2D eigenvalue weighted by molar-refractivity contribution is 7.13. The van der Waals surface area contributed by atoms with Crippen molar-refractivity contribution in [2.75, 3.05) is 0 Å². The van der Waals surface area contributed by atoms with Crippen LogP contribution in [0.5, 0.6) is 0 Å². The van der Waals surface area contributed by atoms with Crippen LogP contribution in [0, 0.1) is 11.6 Å². The number of benzene rings is 1. The standard InChI is InChI=1S/C10H7F2NOS/c11-6-1-2-9(12)8(3-6)10-13-7(4-14)5-15-10/h1-3,5,14H,4H2. The second kappa shape index (κ2) is 4.04. The van der Waals surface area contributed by atoms with E-state index in [2.05, 4.69) is 4.98 Å². The highest BCUT2D eigenvalue weighted by Gasteiger charge is 2.10. The Labute approximate surface area is 88.8 Å². The number of aliphatic hydroxyl groups excluding tert-OH is 1. The van der Waals surface area contributed by atoms with Crippen molar-refractivity contribution < 1.29 is 13.9 Å². The lowest BCUT2D eigenvalue weighted by atomic mass is 10.2. The number of hydrogen-bond donors (Lipinski definition) is 1. The molecule has 0 aliphatic rings. The van der Waals surface area contributed by atoms with E-state index in [1.54, 1.807) is 5.38 Å². The van der Waals surface area contributed by atoms with Crippen molar-refractivity contribution in [2.45, 2.75) is 6.61 Å². The normalized spacial score (nSPS) is 10.6. The van der Waals surface area contributed by atoms with Crippen LogP contribution in [-0.2, 0) is 6.61 Å². The summed E-state index contributed by atoms with van der Waals surface area (Å²) in [6.07, 6.45) is 0. The van der Waals surface area contributed by atoms with Crippen LogP contribution in [0.3, 0.4) is 0 Å². The Morgan fingerprint density at radius 3 is 2.80 bits per heavy atom. The average molecular weight is 227 g/mol. The number of halogens is 2. The summed E-state index contributed by atoms with van der Waals surface area (Å²) in [4.78, 5) is 3.96. The third kappa shape index (κ3) is 2.03. The summed E-state index contributed by atoms with van der Waals surface area (Å²) in [5.74, 6) is -1.03. The quantitative estimate of drug-likeness (QED) is 0.855. The molecule has 0 bridgehead atoms. The van der Waals surface area contributed by atoms with Gasteiger partial charge in [0.25, 0.3) is 0 Å². The molecule has 0 atom stereocenters. The SMILES string of the molecule is OCc1csc(-c2cc(F)ccc2F)n1. The van der Waals surface area contributed by atoms with Crippen LogP contribution in [0.2, 0.25) is 0 Å². The summed E-state index contributed by atoms with van der Waals surface area (Å²) in [6.45, 7) is -0.201. The van der Waals surface area contributed by atoms with E-state index in [9.17, 15) is 8.78 Å². The Morgan fingerprint density at radius 1 is 1.33 bits per heavy atom. The number of nitrogens with zero attached hydrogens (tertiary/aromatic N) is 1. The van der Waals surface area contributed by atoms with Crippen LogP contribution in [0.25, 0.3) is 10.6 Å². The van der Waals surface area contributed by atoms with Gasteiger partial charge in [-0.25, -0.2) is 13.8 Å². The maximum absolute atomic E-state index is 13.3. The smallest absolute Gasteiger partial charge is 0.133 e. The predicted molar refractivity (Wildman–Crippen MR) is 53.4 cm³/mol. The zero-order valence-electron chi connectivity index (χ0n) is 7.58. The maximum atomic E-state index is 13.3. The van der Waals surface area contributed by atoms with Crippen molar-refractivity contribution >= 4 is 11.3 Å². The van der Waals surface area contributed by atoms with Crippen molar-refractivity contribution in [1.29, 1.82) is 0 Å². The van der Waals surface area contributed by atoms with E-state index in [-0.39, 0.29) is 12.2 Å². The van der Waals surface area contributed by atoms with Gasteiger partial charge in [0, 0.05) is 10.9 Å². The van der Waals surface area contributed by atoms with Crippen LogP contribution in [0.1, 0.15) is 5.69 Å². The zero-order chi connectivity index (χ0) is 10.8. The van der Waals surface area contributed by atoms with Gasteiger partial charge < -0.3 is 5.11 Å². The minimum atomic E-state index is -0.518. The van der Waals surface area contributed by atoms with Gasteiger partial charge in [-0.05, 0) is 18.2 Å². The summed E-state index contributed by atoms with van der Waals surface area (Å²) in [7, 11) is 0. The minimum Gasteiger partial charge on any atom is -0.390 e. The van der Waals surface area contributed by atoms with Gasteiger partial charge in [-0.3, -0.25) is 0 Å². The highest BCUT2D eigenvalue weighted by Crippen LogP contribution is 2.26. The molecule has 1 heterocycles. The van der Waals surface area contributed by atoms with E-state index in [0.29, 0.717) is 10.7 Å². The Bertz CT molecular complexity index is 484. The van der Waals surface area contributed by atoms with Crippen LogP contribution in [0.4, 0.5) is 8.78 Å². The Hall–Kier alpha value is -1.33. The van der Waals surface area contributed by atoms with Gasteiger partial charge >= 0.3 is 0 Å². The summed E-state index contributed by atoms with van der Waals surface area (Å²) < 4.78 is 26.2. The number of rotatable bonds is 2. The minimum absolute atomic E-state index is 0.125. The number of aromatic nitrogens is 1. The van der Waals surface area contributed by atoms with Crippen LogP contribution >= 0.6 is 11.3 Å². The lowest BCUT2D eigenvalue weighted by molar-refractivity contribution is 0.278. The second-order valence-electron chi connectivity index (χ2n) is 2.93. The number of thiazole rings is 1. The van der Waals surface area contributed by atoms with Crippen LogP contribution in [0.15, 0.2) is 23.6 Å². The van der Waals surface area contributed by atoms with Gasteiger partial charge in [0.15, 0.2) is 0 Å². The summed E-state index contributed by atoms with van der Waals surface area (Å²) in [6, 6.07) is 3.21. The lowest BCUT2D eigenvalue weighted by Gasteiger charge is -1.98. The third-order valence-electron chi connectivity index (χ3n) is 1.87. The van der Waals surface area contributed by atoms with E-state index in [1.165, 1.54) is 11.3 Å². The lowest BCUT2D eigenvalue weighted by Crippen LogP contribution is -1.87. The molecule has 0 fully saturated rings. The van der Waals surface area contributed by atoms with E-state index < -0.39 is 11.6 Å². The molecule has 2 rings (SSSR count). The van der Waals surface area contributed by atoms with Gasteiger partial charge in [0.1, 0.15) is 16.6 Å². The number of hydrogen-bond acceptors (Lipinski definition) is 3. The van der Waals surface area contributed by atoms with Gasteiger partial charge in [-0.2, -0.15) is 0 Å². The molecular weight excluding hydrogens is 220 g/mol. The van der Waals surface area contributed by atoms with Gasteiger partial charge in [-0.15, -0.1) is 11.3 Å². The zero-order valence-corrected chi connectivity index (χ0v) is 8.39. The van der Waals surface area contributed by atoms with E-state index in [1.807, 2.05) is 0 Å². The van der Waals surface area contributed by atoms with Gasteiger partial charge in [-0.1, -0.05) is 0 Å². The molecule has 2 aromatic rings. The van der Waals surface area contributed by atoms with Crippen molar-refractivity contribution in [2.24, 2.45) is 0 Å². The Kier molecular flexibility index (Phi) is 2.75. The topological polar surface area (TPSA) is 33.1 Å². The molecule has 0 saturated carbocycles. The number of aliphatic hydroxyl groups is 1. The molecule has 78 valence electrons. The van der Waals surface area contributed by atoms with E-state index >= 15 is 0 Å². The van der Waals surface area contributed by atoms with Gasteiger partial charge in [0.2, 0.25) is 0 Å². The van der Waals surface area contributed by atoms with Crippen LogP contribution in [-0.4, -0.2) is 10.1 Å². The molecule has 0 radical (unpaired) electrons. The largest absolute Gasteiger partial charge is 0.390 e. The molecule has 0 amide bonds. The molecule has 1 N–H and O–H groups in total. The van der Waals surface area contributed by atoms with E-state index in [0.717, 1.165) is 18.2 Å². The molecule has 0 unspecified atom stereocenters. The van der Waals surface area contributed by atoms with Gasteiger partial charge in [0.05, 0.1) is 12.3 Å². The van der Waals surface area contributed by atoms with Crippen molar-refractivity contribution in [3.05, 3.63) is 40.9 Å². The maximum Gasteiger partial charge on any atom is 0.133 e. The highest BCUT2D eigenvalue weighted by atomic mass is 32.1. The Balaban J connectivity index is 2.48. The molecule has 2 nitrogen and oxygen atoms in total. The molecular formula is C10H7F2NOS. The monoisotopic (exact) mass is 227 g/mol.